The zero-order chi connectivity index (χ0) is 12.1. The van der Waals surface area contributed by atoms with Crippen molar-refractivity contribution in [2.45, 2.75) is 32.2 Å². The Morgan fingerprint density at radius 3 is 2.53 bits per heavy atom. The Morgan fingerprint density at radius 2 is 1.94 bits per heavy atom. The molecular weight excluding hydrogens is 216 g/mol. The first kappa shape index (κ1) is 11.9. The molecule has 0 spiro atoms. The lowest BCUT2D eigenvalue weighted by molar-refractivity contribution is -0.131. The molecule has 0 unspecified atom stereocenters. The highest BCUT2D eigenvalue weighted by molar-refractivity contribution is 5.77. The van der Waals surface area contributed by atoms with Gasteiger partial charge in [-0.15, -0.1) is 0 Å². The van der Waals surface area contributed by atoms with E-state index < -0.39 is 0 Å². The van der Waals surface area contributed by atoms with Crippen LogP contribution in [0.5, 0.6) is 0 Å². The van der Waals surface area contributed by atoms with Gasteiger partial charge in [0.15, 0.2) is 6.29 Å². The Labute approximate surface area is 101 Å². The van der Waals surface area contributed by atoms with Crippen LogP contribution in [0.1, 0.15) is 36.0 Å². The number of hydrogen-bond donors (Lipinski definition) is 0. The average Bonchev–Trinajstić information content (AvgIpc) is 2.62. The Morgan fingerprint density at radius 1 is 1.24 bits per heavy atom. The highest BCUT2D eigenvalue weighted by Gasteiger charge is 2.15. The van der Waals surface area contributed by atoms with Crippen LogP contribution in [0.2, 0.25) is 0 Å². The fourth-order valence-electron chi connectivity index (χ4n) is 2.20. The first-order valence-corrected chi connectivity index (χ1v) is 6.18. The van der Waals surface area contributed by atoms with Gasteiger partial charge in [-0.1, -0.05) is 12.8 Å². The molecule has 0 atom stereocenters. The zero-order valence-corrected chi connectivity index (χ0v) is 9.97. The number of nitrogens with zero attached hydrogens (tertiary/aromatic N) is 2. The van der Waals surface area contributed by atoms with Crippen LogP contribution in [0.15, 0.2) is 18.5 Å². The van der Waals surface area contributed by atoms with E-state index in [-0.39, 0.29) is 5.91 Å². The predicted molar refractivity (Wildman–Crippen MR) is 64.9 cm³/mol. The summed E-state index contributed by atoms with van der Waals surface area (Å²) in [6, 6.07) is 1.72. The van der Waals surface area contributed by atoms with Crippen LogP contribution >= 0.6 is 0 Å². The van der Waals surface area contributed by atoms with Crippen LogP contribution in [0.3, 0.4) is 0 Å². The van der Waals surface area contributed by atoms with Gasteiger partial charge in [-0.3, -0.25) is 9.59 Å². The first-order chi connectivity index (χ1) is 8.29. The van der Waals surface area contributed by atoms with Crippen LogP contribution in [-0.4, -0.2) is 34.7 Å². The third-order valence-corrected chi connectivity index (χ3v) is 3.19. The van der Waals surface area contributed by atoms with Gasteiger partial charge in [0.05, 0.1) is 0 Å². The lowest BCUT2D eigenvalue weighted by Gasteiger charge is -2.20. The second-order valence-electron chi connectivity index (χ2n) is 4.53. The van der Waals surface area contributed by atoms with Gasteiger partial charge in [0, 0.05) is 31.0 Å². The number of likely N-dealkylation sites (tertiary alicyclic amines) is 1. The monoisotopic (exact) mass is 234 g/mol. The molecule has 0 bridgehead atoms. The molecule has 4 heteroatoms. The summed E-state index contributed by atoms with van der Waals surface area (Å²) in [6.45, 7) is 2.09. The molecule has 1 aliphatic heterocycles. The second kappa shape index (κ2) is 5.66. The Kier molecular flexibility index (Phi) is 3.96. The fraction of sp³-hybridized carbons (Fsp3) is 0.538. The molecule has 2 rings (SSSR count). The summed E-state index contributed by atoms with van der Waals surface area (Å²) >= 11 is 0. The molecule has 2 heterocycles. The molecular formula is C13H18N2O2. The van der Waals surface area contributed by atoms with Crippen LogP contribution in [0.25, 0.3) is 0 Å². The Balaban J connectivity index is 1.93. The van der Waals surface area contributed by atoms with Gasteiger partial charge in [0.2, 0.25) is 5.91 Å². The molecule has 1 saturated heterocycles. The predicted octanol–water partition coefficient (Wildman–Crippen LogP) is 1.70. The summed E-state index contributed by atoms with van der Waals surface area (Å²) in [7, 11) is 0. The van der Waals surface area contributed by atoms with Crippen LogP contribution in [0, 0.1) is 0 Å². The van der Waals surface area contributed by atoms with Crippen molar-refractivity contribution < 1.29 is 9.59 Å². The van der Waals surface area contributed by atoms with Gasteiger partial charge >= 0.3 is 0 Å². The molecule has 1 aliphatic rings. The normalized spacial score (nSPS) is 16.6. The topological polar surface area (TPSA) is 42.3 Å². The number of rotatable bonds is 3. The van der Waals surface area contributed by atoms with Crippen LogP contribution < -0.4 is 0 Å². The van der Waals surface area contributed by atoms with Crippen molar-refractivity contribution in [3.63, 3.8) is 0 Å². The summed E-state index contributed by atoms with van der Waals surface area (Å²) in [5, 5.41) is 0. The van der Waals surface area contributed by atoms with Gasteiger partial charge in [0.1, 0.15) is 6.54 Å². The highest BCUT2D eigenvalue weighted by Crippen LogP contribution is 2.10. The van der Waals surface area contributed by atoms with Crippen molar-refractivity contribution in [1.29, 1.82) is 0 Å². The first-order valence-electron chi connectivity index (χ1n) is 6.18. The minimum absolute atomic E-state index is 0.153. The largest absolute Gasteiger partial charge is 0.344 e. The van der Waals surface area contributed by atoms with Crippen LogP contribution in [0.4, 0.5) is 0 Å². The molecule has 4 nitrogen and oxygen atoms in total. The standard InChI is InChI=1S/C13H18N2O2/c16-11-12-5-8-14(9-12)10-13(17)15-6-3-1-2-4-7-15/h5,8-9,11H,1-4,6-7,10H2. The Hall–Kier alpha value is -1.58. The summed E-state index contributed by atoms with van der Waals surface area (Å²) in [5.74, 6) is 0.153. The molecule has 92 valence electrons. The van der Waals surface area contributed by atoms with Crippen molar-refractivity contribution in [1.82, 2.24) is 9.47 Å². The molecule has 0 N–H and O–H groups in total. The zero-order valence-electron chi connectivity index (χ0n) is 9.97. The number of amides is 1. The summed E-state index contributed by atoms with van der Waals surface area (Å²) in [6.07, 6.45) is 8.95. The maximum atomic E-state index is 12.0. The van der Waals surface area contributed by atoms with E-state index >= 15 is 0 Å². The Bertz CT molecular complexity index is 390. The van der Waals surface area contributed by atoms with E-state index in [9.17, 15) is 9.59 Å². The van der Waals surface area contributed by atoms with Gasteiger partial charge in [-0.05, 0) is 18.9 Å². The molecule has 1 fully saturated rings. The average molecular weight is 234 g/mol. The van der Waals surface area contributed by atoms with E-state index in [1.165, 1.54) is 12.8 Å². The van der Waals surface area contributed by atoms with E-state index in [4.69, 9.17) is 0 Å². The molecule has 0 aromatic carbocycles. The van der Waals surface area contributed by atoms with E-state index in [1.54, 1.807) is 23.0 Å². The summed E-state index contributed by atoms with van der Waals surface area (Å²) in [4.78, 5) is 24.5. The van der Waals surface area contributed by atoms with E-state index in [2.05, 4.69) is 0 Å². The third-order valence-electron chi connectivity index (χ3n) is 3.19. The summed E-state index contributed by atoms with van der Waals surface area (Å²) < 4.78 is 1.77. The molecule has 1 amide bonds. The lowest BCUT2D eigenvalue weighted by atomic mass is 10.2. The number of hydrogen-bond acceptors (Lipinski definition) is 2. The smallest absolute Gasteiger partial charge is 0.242 e. The molecule has 0 saturated carbocycles. The van der Waals surface area contributed by atoms with Gasteiger partial charge in [0.25, 0.3) is 0 Å². The molecule has 0 aliphatic carbocycles. The number of carbonyl (C=O) groups excluding carboxylic acids is 2. The fourth-order valence-corrected chi connectivity index (χ4v) is 2.20. The molecule has 0 radical (unpaired) electrons. The quantitative estimate of drug-likeness (QED) is 0.747. The number of aldehydes is 1. The maximum absolute atomic E-state index is 12.0. The van der Waals surface area contributed by atoms with Crippen molar-refractivity contribution in [2.24, 2.45) is 0 Å². The SMILES string of the molecule is O=Cc1ccn(CC(=O)N2CCCCCC2)c1. The minimum Gasteiger partial charge on any atom is -0.344 e. The van der Waals surface area contributed by atoms with E-state index in [0.717, 1.165) is 32.2 Å². The van der Waals surface area contributed by atoms with Crippen molar-refractivity contribution in [3.8, 4) is 0 Å². The third kappa shape index (κ3) is 3.19. The minimum atomic E-state index is 0.153. The van der Waals surface area contributed by atoms with Gasteiger partial charge in [-0.2, -0.15) is 0 Å². The number of carbonyl (C=O) groups is 2. The van der Waals surface area contributed by atoms with E-state index in [0.29, 0.717) is 12.1 Å². The van der Waals surface area contributed by atoms with E-state index in [1.807, 2.05) is 4.90 Å². The van der Waals surface area contributed by atoms with Crippen LogP contribution in [-0.2, 0) is 11.3 Å². The van der Waals surface area contributed by atoms with Crippen molar-refractivity contribution >= 4 is 12.2 Å². The second-order valence-corrected chi connectivity index (χ2v) is 4.53. The lowest BCUT2D eigenvalue weighted by Crippen LogP contribution is -2.34. The highest BCUT2D eigenvalue weighted by atomic mass is 16.2. The van der Waals surface area contributed by atoms with Gasteiger partial charge < -0.3 is 9.47 Å². The summed E-state index contributed by atoms with van der Waals surface area (Å²) in [5.41, 5.74) is 0.619. The molecule has 1 aromatic rings. The number of aromatic nitrogens is 1. The van der Waals surface area contributed by atoms with Crippen molar-refractivity contribution in [2.75, 3.05) is 13.1 Å². The molecule has 1 aromatic heterocycles. The van der Waals surface area contributed by atoms with Crippen molar-refractivity contribution in [3.05, 3.63) is 24.0 Å². The molecule has 17 heavy (non-hydrogen) atoms. The maximum Gasteiger partial charge on any atom is 0.242 e. The van der Waals surface area contributed by atoms with Gasteiger partial charge in [-0.25, -0.2) is 0 Å².